The van der Waals surface area contributed by atoms with Gasteiger partial charge in [-0.2, -0.15) is 4.31 Å². The van der Waals surface area contributed by atoms with Crippen molar-refractivity contribution in [3.63, 3.8) is 0 Å². The zero-order valence-electron chi connectivity index (χ0n) is 58.7. The molecule has 6 aromatic carbocycles. The van der Waals surface area contributed by atoms with Gasteiger partial charge in [-0.15, -0.1) is 24.8 Å². The van der Waals surface area contributed by atoms with E-state index in [9.17, 15) is 60.5 Å². The number of sulfonamides is 1. The zero-order chi connectivity index (χ0) is 72.7. The highest BCUT2D eigenvalue weighted by Gasteiger charge is 2.48. The van der Waals surface area contributed by atoms with Crippen LogP contribution < -0.4 is 5.32 Å². The average Bonchev–Trinajstić information content (AvgIpc) is 1.60. The first kappa shape index (κ1) is 77.0. The Labute approximate surface area is 630 Å². The van der Waals surface area contributed by atoms with Crippen molar-refractivity contribution in [2.75, 3.05) is 26.2 Å². The summed E-state index contributed by atoms with van der Waals surface area (Å²) in [6, 6.07) is 42.7. The van der Waals surface area contributed by atoms with Gasteiger partial charge in [0.15, 0.2) is 0 Å². The highest BCUT2D eigenvalue weighted by Crippen LogP contribution is 2.54. The molecular formula is C83H86Cl2F4N8O9S. The van der Waals surface area contributed by atoms with Gasteiger partial charge in [-0.25, -0.2) is 35.9 Å². The van der Waals surface area contributed by atoms with Crippen LogP contribution in [0.4, 0.5) is 17.6 Å². The van der Waals surface area contributed by atoms with Gasteiger partial charge < -0.3 is 39.2 Å². The van der Waals surface area contributed by atoms with E-state index in [-0.39, 0.29) is 104 Å². The van der Waals surface area contributed by atoms with Gasteiger partial charge in [-0.3, -0.25) is 19.2 Å². The molecule has 6 fully saturated rings. The molecular weight excluding hydrogens is 1430 g/mol. The highest BCUT2D eigenvalue weighted by atomic mass is 35.5. The van der Waals surface area contributed by atoms with Gasteiger partial charge in [0.25, 0.3) is 5.91 Å². The lowest BCUT2D eigenvalue weighted by molar-refractivity contribution is -0.138. The van der Waals surface area contributed by atoms with E-state index in [1.807, 2.05) is 84.8 Å². The Morgan fingerprint density at radius 3 is 1.22 bits per heavy atom. The number of fused-ring (bicyclic) bond motifs is 8. The van der Waals surface area contributed by atoms with Crippen molar-refractivity contribution in [1.29, 1.82) is 0 Å². The van der Waals surface area contributed by atoms with E-state index >= 15 is 0 Å². The highest BCUT2D eigenvalue weighted by molar-refractivity contribution is 7.89. The molecule has 560 valence electrons. The number of carbonyl (C=O) groups is 4. The molecule has 0 spiro atoms. The molecule has 6 aliphatic rings. The fourth-order valence-corrected chi connectivity index (χ4v) is 20.6. The summed E-state index contributed by atoms with van der Waals surface area (Å²) in [5, 5.41) is 36.4. The second-order valence-corrected chi connectivity index (χ2v) is 31.5. The van der Waals surface area contributed by atoms with E-state index in [4.69, 9.17) is 4.98 Å². The number of nitrogens with one attached hydrogen (secondary N) is 1. The van der Waals surface area contributed by atoms with Gasteiger partial charge >= 0.3 is 17.9 Å². The largest absolute Gasteiger partial charge is 0.480 e. The average molecular weight is 1520 g/mol. The predicted octanol–water partition coefficient (Wildman–Crippen LogP) is 16.8. The van der Waals surface area contributed by atoms with Crippen molar-refractivity contribution in [3.05, 3.63) is 227 Å². The summed E-state index contributed by atoms with van der Waals surface area (Å²) in [5.74, 6) is -1.33. The van der Waals surface area contributed by atoms with E-state index in [0.29, 0.717) is 73.0 Å². The number of benzene rings is 6. The summed E-state index contributed by atoms with van der Waals surface area (Å²) in [6.07, 6.45) is 7.57. The second kappa shape index (κ2) is 30.9. The van der Waals surface area contributed by atoms with Crippen LogP contribution in [0.25, 0.3) is 60.2 Å². The fraction of sp³-hybridized carbons (Fsp3) is 0.349. The van der Waals surface area contributed by atoms with Crippen molar-refractivity contribution in [2.45, 2.75) is 128 Å². The maximum atomic E-state index is 14.2. The minimum absolute atomic E-state index is 0. The smallest absolute Gasteiger partial charge is 0.323 e. The number of rotatable bonds is 15. The number of aromatic nitrogens is 5. The summed E-state index contributed by atoms with van der Waals surface area (Å²) in [4.78, 5) is 58.9. The van der Waals surface area contributed by atoms with E-state index in [1.54, 1.807) is 39.5 Å². The number of likely N-dealkylation sites (tertiary alicyclic amines) is 1. The molecule has 4 aliphatic carbocycles. The Hall–Kier alpha value is -9.61. The normalized spacial score (nSPS) is 22.1. The van der Waals surface area contributed by atoms with Crippen molar-refractivity contribution in [2.24, 2.45) is 35.5 Å². The zero-order valence-corrected chi connectivity index (χ0v) is 61.1. The first-order valence-corrected chi connectivity index (χ1v) is 37.1. The van der Waals surface area contributed by atoms with Gasteiger partial charge in [0.1, 0.15) is 48.6 Å². The lowest BCUT2D eigenvalue weighted by Gasteiger charge is -2.20. The van der Waals surface area contributed by atoms with Crippen molar-refractivity contribution < 1.29 is 60.5 Å². The summed E-state index contributed by atoms with van der Waals surface area (Å²) in [6.45, 7) is 11.8. The van der Waals surface area contributed by atoms with E-state index in [2.05, 4.69) is 29.0 Å². The Bertz CT molecular complexity index is 5380. The number of nitrogens with zero attached hydrogens (tertiary/aromatic N) is 7. The first-order valence-electron chi connectivity index (χ1n) is 35.6. The number of carboxylic acids is 3. The molecule has 24 heteroatoms. The van der Waals surface area contributed by atoms with Crippen LogP contribution in [0.15, 0.2) is 163 Å². The SMILES string of the molecule is C.C=C(NC1CC2CC(c3c(C)n(CC(=O)O)c4ccc(F)cc34)CC2C1)c1ccc2ccccc2n1.Cc1c(C2CC3CN(C(=O)c4ccc5ccccc5n4)CC3C2)c2cc(F)ccc2n1CC(=O)O.Cc1c(C2CC3CN(S(=O)(=O)c4ccc(F)cc4)CC3C2)c2cc(F)ccc2n1CC(=O)O.Cl.Cl. The summed E-state index contributed by atoms with van der Waals surface area (Å²) in [7, 11) is -3.69. The molecule has 1 amide bonds. The van der Waals surface area contributed by atoms with Crippen LogP contribution in [0.1, 0.15) is 127 Å². The minimum Gasteiger partial charge on any atom is -0.480 e. The van der Waals surface area contributed by atoms with E-state index < -0.39 is 33.7 Å². The molecule has 4 saturated carbocycles. The molecule has 4 N–H and O–H groups in total. The van der Waals surface area contributed by atoms with Gasteiger partial charge in [0, 0.05) is 92.8 Å². The van der Waals surface area contributed by atoms with Crippen LogP contribution in [0.2, 0.25) is 0 Å². The van der Waals surface area contributed by atoms with Crippen molar-refractivity contribution in [3.8, 4) is 0 Å². The lowest BCUT2D eigenvalue weighted by Crippen LogP contribution is -2.30. The molecule has 7 heterocycles. The monoisotopic (exact) mass is 1520 g/mol. The third-order valence-corrected chi connectivity index (χ3v) is 25.3. The van der Waals surface area contributed by atoms with Gasteiger partial charge in [-0.05, 0) is 245 Å². The van der Waals surface area contributed by atoms with Gasteiger partial charge in [0.2, 0.25) is 10.0 Å². The molecule has 107 heavy (non-hydrogen) atoms. The fourth-order valence-electron chi connectivity index (χ4n) is 19.0. The van der Waals surface area contributed by atoms with Gasteiger partial charge in [0.05, 0.1) is 27.3 Å². The second-order valence-electron chi connectivity index (χ2n) is 29.5. The Morgan fingerprint density at radius 2 is 0.822 bits per heavy atom. The number of hydrogen-bond donors (Lipinski definition) is 4. The Kier molecular flexibility index (Phi) is 22.3. The molecule has 2 saturated heterocycles. The van der Waals surface area contributed by atoms with Crippen LogP contribution in [-0.2, 0) is 44.0 Å². The molecule has 17 nitrogen and oxygen atoms in total. The Balaban J connectivity index is 0.000000148. The minimum atomic E-state index is -3.69. The molecule has 17 rings (SSSR count). The summed E-state index contributed by atoms with van der Waals surface area (Å²) < 4.78 is 88.5. The number of carbonyl (C=O) groups excluding carboxylic acids is 1. The van der Waals surface area contributed by atoms with Crippen LogP contribution in [0.5, 0.6) is 0 Å². The van der Waals surface area contributed by atoms with Crippen LogP contribution in [0, 0.1) is 79.5 Å². The number of halogens is 6. The third kappa shape index (κ3) is 15.0. The summed E-state index contributed by atoms with van der Waals surface area (Å²) >= 11 is 0. The molecule has 0 radical (unpaired) electrons. The molecule has 2 aliphatic heterocycles. The Morgan fingerprint density at radius 1 is 0.467 bits per heavy atom. The predicted molar refractivity (Wildman–Crippen MR) is 411 cm³/mol. The maximum absolute atomic E-state index is 14.2. The molecule has 6 atom stereocenters. The van der Waals surface area contributed by atoms with Crippen LogP contribution in [0.3, 0.4) is 0 Å². The van der Waals surface area contributed by atoms with Gasteiger partial charge in [-0.1, -0.05) is 62.5 Å². The molecule has 5 aromatic heterocycles. The number of amides is 1. The summed E-state index contributed by atoms with van der Waals surface area (Å²) in [5.41, 5.74) is 12.1. The molecule has 0 bridgehead atoms. The molecule has 6 unspecified atom stereocenters. The van der Waals surface area contributed by atoms with E-state index in [0.717, 1.165) is 158 Å². The lowest BCUT2D eigenvalue weighted by atomic mass is 9.91. The van der Waals surface area contributed by atoms with Crippen LogP contribution in [-0.4, -0.2) is 113 Å². The number of aliphatic carboxylic acids is 3. The third-order valence-electron chi connectivity index (χ3n) is 23.4. The van der Waals surface area contributed by atoms with Crippen molar-refractivity contribution in [1.82, 2.24) is 38.2 Å². The number of carboxylic acid groups (broad SMARTS) is 3. The number of pyridine rings is 2. The van der Waals surface area contributed by atoms with E-state index in [1.165, 1.54) is 46.8 Å². The first-order chi connectivity index (χ1) is 49.9. The number of para-hydroxylation sites is 2. The standard InChI is InChI=1S/C30H30FN3O2.C28H26FN3O3.C24H24F2N2O4S.CH4.2ClH/c1-17(26-9-7-19-5-3-4-6-27(19)33-26)32-24-13-20-11-22(12-21(20)14-24)30-18(2)34(16-29(35)36)28-10-8-23(31)15-25(28)30;1-16-27(22-12-21(29)7-9-25(22)32(16)15-26(33)34)18-10-19-13-31(14-20(19)11-18)28(35)24-8-6-17-4-2-3-5-23(17)30-24;1-14-24(21-10-19(26)4-7-22(21)28(14)13-23(29)30)15-8-16-11-27(12-17(16)9-15)33(31,32)20-5-2-18(25)3-6-20;;;/h3-10,15,20-22,24,32H,1,11-14,16H2,2H3,(H,35,36);2-9,12,18-20H,10-11,13-15H2,1H3,(H,33,34);2-7,10,15-17H,8-9,11-13H2,1H3,(H,29,30);1H4;2*1H. The van der Waals surface area contributed by atoms with Crippen molar-refractivity contribution >= 4 is 119 Å². The van der Waals surface area contributed by atoms with Crippen LogP contribution >= 0.6 is 24.8 Å². The number of hydrogen-bond acceptors (Lipinski definition) is 9. The quantitative estimate of drug-likeness (QED) is 0.0704. The molecule has 11 aromatic rings. The maximum Gasteiger partial charge on any atom is 0.323 e. The topological polar surface area (TPSA) is 222 Å².